The molecule has 1 radical (unpaired) electrons. The molecule has 1 aromatic rings. The van der Waals surface area contributed by atoms with Crippen molar-refractivity contribution in [2.45, 2.75) is 13.8 Å². The van der Waals surface area contributed by atoms with Gasteiger partial charge in [-0.15, -0.1) is 0 Å². The van der Waals surface area contributed by atoms with Gasteiger partial charge in [-0.2, -0.15) is 0 Å². The second-order valence-corrected chi connectivity index (χ2v) is 2.33. The molecule has 0 bridgehead atoms. The topological polar surface area (TPSA) is 140 Å². The van der Waals surface area contributed by atoms with E-state index in [9.17, 15) is 9.59 Å². The van der Waals surface area contributed by atoms with E-state index in [1.165, 1.54) is 12.3 Å². The van der Waals surface area contributed by atoms with Crippen molar-refractivity contribution in [2.24, 2.45) is 0 Å². The van der Waals surface area contributed by atoms with Gasteiger partial charge in [0.2, 0.25) is 0 Å². The van der Waals surface area contributed by atoms with Crippen LogP contribution in [0.2, 0.25) is 0 Å². The maximum atomic E-state index is 10.2. The molecule has 17 heavy (non-hydrogen) atoms. The zero-order chi connectivity index (χ0) is 13.1. The molecule has 9 heteroatoms. The smallest absolute Gasteiger partial charge is 0.325 e. The molecule has 0 aliphatic carbocycles. The monoisotopic (exact) mass is 255 g/mol. The Hall–Kier alpha value is -1.38. The van der Waals surface area contributed by atoms with E-state index in [2.05, 4.69) is 4.98 Å². The van der Waals surface area contributed by atoms with Crippen LogP contribution in [-0.2, 0) is 9.59 Å². The number of hydrogen-bond acceptors (Lipinski definition) is 4. The number of carboxylic acids is 2. The molecule has 1 rings (SSSR count). The molecule has 8 nitrogen and oxygen atoms in total. The van der Waals surface area contributed by atoms with Gasteiger partial charge < -0.3 is 15.2 Å². The summed E-state index contributed by atoms with van der Waals surface area (Å²) < 4.78 is 0. The van der Waals surface area contributed by atoms with Crippen LogP contribution in [0.4, 0.5) is 0 Å². The Kier molecular flexibility index (Phi) is 15.6. The number of hydrogen-bond donors (Lipinski definition) is 4. The molecule has 0 saturated heterocycles. The summed E-state index contributed by atoms with van der Waals surface area (Å²) in [4.78, 5) is 42.7. The molecule has 0 atom stereocenters. The second kappa shape index (κ2) is 12.7. The van der Waals surface area contributed by atoms with E-state index in [4.69, 9.17) is 19.8 Å². The fourth-order valence-corrected chi connectivity index (χ4v) is 0.383. The van der Waals surface area contributed by atoms with Gasteiger partial charge >= 0.3 is 5.69 Å². The zero-order valence-corrected chi connectivity index (χ0v) is 11.7. The van der Waals surface area contributed by atoms with E-state index in [1.54, 1.807) is 0 Å². The van der Waals surface area contributed by atoms with Gasteiger partial charge in [-0.1, -0.05) is 0 Å². The van der Waals surface area contributed by atoms with Gasteiger partial charge in [0, 0.05) is 55.7 Å². The summed E-state index contributed by atoms with van der Waals surface area (Å²) in [6.45, 7) is 2.17. The minimum Gasteiger partial charge on any atom is -0.481 e. The SMILES string of the molecule is CC(=O)O.CC(=O)O.O=c1cc[nH]c(=O)[nH]1.[Na]. The molecule has 0 aromatic carbocycles. The Morgan fingerprint density at radius 3 is 1.65 bits per heavy atom. The average molecular weight is 255 g/mol. The molecule has 1 heterocycles. The number of carbonyl (C=O) groups is 2. The molecule has 0 saturated carbocycles. The largest absolute Gasteiger partial charge is 0.481 e. The molecule has 0 unspecified atom stereocenters. The first-order valence-corrected chi connectivity index (χ1v) is 3.92. The van der Waals surface area contributed by atoms with E-state index in [1.807, 2.05) is 4.98 Å². The number of aromatic amines is 2. The van der Waals surface area contributed by atoms with Gasteiger partial charge in [-0.3, -0.25) is 19.4 Å². The summed E-state index contributed by atoms with van der Waals surface area (Å²) in [5, 5.41) is 14.8. The standard InChI is InChI=1S/C4H4N2O2.2C2H4O2.Na/c7-3-1-2-5-4(8)6-3;2*1-2(3)4;/h1-2H,(H2,5,6,7,8);2*1H3,(H,3,4);. The van der Waals surface area contributed by atoms with E-state index in [0.717, 1.165) is 13.8 Å². The third-order valence-electron chi connectivity index (χ3n) is 0.686. The van der Waals surface area contributed by atoms with Crippen LogP contribution >= 0.6 is 0 Å². The van der Waals surface area contributed by atoms with E-state index >= 15 is 0 Å². The van der Waals surface area contributed by atoms with E-state index in [0.29, 0.717) is 0 Å². The van der Waals surface area contributed by atoms with Crippen LogP contribution in [0.1, 0.15) is 13.8 Å². The summed E-state index contributed by atoms with van der Waals surface area (Å²) in [5.41, 5.74) is -0.855. The maximum Gasteiger partial charge on any atom is 0.325 e. The van der Waals surface area contributed by atoms with Crippen molar-refractivity contribution < 1.29 is 19.8 Å². The summed E-state index contributed by atoms with van der Waals surface area (Å²) >= 11 is 0. The molecule has 91 valence electrons. The van der Waals surface area contributed by atoms with Gasteiger partial charge in [0.25, 0.3) is 17.5 Å². The van der Waals surface area contributed by atoms with Crippen molar-refractivity contribution in [1.82, 2.24) is 9.97 Å². The number of aliphatic carboxylic acids is 2. The number of H-pyrrole nitrogens is 2. The quantitative estimate of drug-likeness (QED) is 0.432. The Balaban J connectivity index is -0.000000189. The molecular formula is C8H12N2NaO6. The number of carboxylic acid groups (broad SMARTS) is 2. The maximum absolute atomic E-state index is 10.2. The van der Waals surface area contributed by atoms with E-state index in [-0.39, 0.29) is 35.1 Å². The average Bonchev–Trinajstić information content (AvgIpc) is 2.00. The van der Waals surface area contributed by atoms with Crippen LogP contribution in [0.5, 0.6) is 0 Å². The Labute approximate surface area is 118 Å². The van der Waals surface area contributed by atoms with Crippen LogP contribution in [0, 0.1) is 0 Å². The first kappa shape index (κ1) is 21.0. The number of aromatic nitrogens is 2. The van der Waals surface area contributed by atoms with Crippen molar-refractivity contribution in [1.29, 1.82) is 0 Å². The van der Waals surface area contributed by atoms with Gasteiger partial charge in [0.05, 0.1) is 0 Å². The minimum atomic E-state index is -0.833. The fourth-order valence-electron chi connectivity index (χ4n) is 0.383. The normalized spacial score (nSPS) is 7.18. The summed E-state index contributed by atoms with van der Waals surface area (Å²) in [6.07, 6.45) is 1.29. The minimum absolute atomic E-state index is 0. The van der Waals surface area contributed by atoms with Crippen molar-refractivity contribution in [3.05, 3.63) is 33.1 Å². The third-order valence-corrected chi connectivity index (χ3v) is 0.686. The summed E-state index contributed by atoms with van der Waals surface area (Å²) in [6, 6.07) is 1.24. The van der Waals surface area contributed by atoms with Crippen LogP contribution in [0.15, 0.2) is 21.9 Å². The van der Waals surface area contributed by atoms with Gasteiger partial charge in [0.15, 0.2) is 0 Å². The van der Waals surface area contributed by atoms with Crippen molar-refractivity contribution in [2.75, 3.05) is 0 Å². The molecule has 0 fully saturated rings. The van der Waals surface area contributed by atoms with Crippen LogP contribution in [-0.4, -0.2) is 61.7 Å². The number of rotatable bonds is 0. The molecule has 0 aliphatic rings. The Morgan fingerprint density at radius 2 is 1.47 bits per heavy atom. The van der Waals surface area contributed by atoms with Crippen molar-refractivity contribution in [3.8, 4) is 0 Å². The molecule has 0 spiro atoms. The third kappa shape index (κ3) is 31.3. The first-order chi connectivity index (χ1) is 7.25. The van der Waals surface area contributed by atoms with Gasteiger partial charge in [0.1, 0.15) is 0 Å². The molecule has 4 N–H and O–H groups in total. The summed E-state index contributed by atoms with van der Waals surface area (Å²) in [7, 11) is 0. The zero-order valence-electron chi connectivity index (χ0n) is 9.68. The van der Waals surface area contributed by atoms with Crippen LogP contribution in [0.25, 0.3) is 0 Å². The second-order valence-electron chi connectivity index (χ2n) is 2.33. The Bertz CT molecular complexity index is 393. The van der Waals surface area contributed by atoms with Crippen molar-refractivity contribution >= 4 is 41.5 Å². The van der Waals surface area contributed by atoms with Crippen molar-refractivity contribution in [3.63, 3.8) is 0 Å². The molecular weight excluding hydrogens is 243 g/mol. The van der Waals surface area contributed by atoms with Crippen LogP contribution in [0.3, 0.4) is 0 Å². The Morgan fingerprint density at radius 1 is 1.12 bits per heavy atom. The molecule has 1 aromatic heterocycles. The first-order valence-electron chi connectivity index (χ1n) is 3.92. The number of nitrogens with one attached hydrogen (secondary N) is 2. The van der Waals surface area contributed by atoms with Gasteiger partial charge in [-0.05, 0) is 0 Å². The predicted octanol–water partition coefficient (Wildman–Crippen LogP) is -1.14. The fraction of sp³-hybridized carbons (Fsp3) is 0.250. The van der Waals surface area contributed by atoms with Crippen LogP contribution < -0.4 is 11.2 Å². The van der Waals surface area contributed by atoms with E-state index < -0.39 is 17.6 Å². The van der Waals surface area contributed by atoms with Gasteiger partial charge in [-0.25, -0.2) is 4.79 Å². The molecule has 0 aliphatic heterocycles. The summed E-state index contributed by atoms with van der Waals surface area (Å²) in [5.74, 6) is -1.67. The molecule has 0 amide bonds. The predicted molar refractivity (Wildman–Crippen MR) is 60.1 cm³/mol.